The van der Waals surface area contributed by atoms with Gasteiger partial charge in [-0.3, -0.25) is 14.4 Å². The van der Waals surface area contributed by atoms with E-state index in [1.165, 1.54) is 17.0 Å². The van der Waals surface area contributed by atoms with Gasteiger partial charge in [0.15, 0.2) is 0 Å². The lowest BCUT2D eigenvalue weighted by molar-refractivity contribution is -0.145. The molecule has 0 aliphatic carbocycles. The Morgan fingerprint density at radius 2 is 1.81 bits per heavy atom. The van der Waals surface area contributed by atoms with Crippen molar-refractivity contribution in [3.63, 3.8) is 0 Å². The summed E-state index contributed by atoms with van der Waals surface area (Å²) in [5.41, 5.74) is 12.2. The predicted molar refractivity (Wildman–Crippen MR) is 142 cm³/mol. The van der Waals surface area contributed by atoms with Gasteiger partial charge in [0.25, 0.3) is 0 Å². The molecular formula is C25H39N5O6S. The molecule has 0 radical (unpaired) electrons. The number of phenolic OH excluding ortho intramolecular Hbond substituents is 1. The van der Waals surface area contributed by atoms with Gasteiger partial charge in [0, 0.05) is 13.0 Å². The van der Waals surface area contributed by atoms with Crippen LogP contribution in [-0.4, -0.2) is 88.1 Å². The molecule has 1 aromatic carbocycles. The Morgan fingerprint density at radius 3 is 2.43 bits per heavy atom. The summed E-state index contributed by atoms with van der Waals surface area (Å²) in [7, 11) is 0. The molecule has 0 saturated carbocycles. The fourth-order valence-electron chi connectivity index (χ4n) is 4.24. The Balaban J connectivity index is 2.18. The second kappa shape index (κ2) is 15.4. The van der Waals surface area contributed by atoms with Gasteiger partial charge in [-0.1, -0.05) is 12.1 Å². The summed E-state index contributed by atoms with van der Waals surface area (Å²) >= 11 is 1.56. The highest BCUT2D eigenvalue weighted by atomic mass is 32.2. The number of aromatic hydroxyl groups is 1. The number of carboxylic acid groups (broad SMARTS) is 1. The SMILES string of the molecule is CSCCC(N)C(=O)NC(Cc1ccc(O)cc1)C(=O)N1CCCC1C(=O)NC(CCCCN)C(=O)O. The topological polar surface area (TPSA) is 188 Å². The van der Waals surface area contributed by atoms with Crippen LogP contribution < -0.4 is 22.1 Å². The average molecular weight is 538 g/mol. The minimum atomic E-state index is -1.14. The van der Waals surface area contributed by atoms with Gasteiger partial charge in [0.1, 0.15) is 23.9 Å². The quantitative estimate of drug-likeness (QED) is 0.170. The molecule has 2 rings (SSSR count). The van der Waals surface area contributed by atoms with Crippen molar-refractivity contribution in [2.24, 2.45) is 11.5 Å². The average Bonchev–Trinajstić information content (AvgIpc) is 3.37. The van der Waals surface area contributed by atoms with Crippen molar-refractivity contribution < 1.29 is 29.4 Å². The van der Waals surface area contributed by atoms with Crippen LogP contribution in [0.4, 0.5) is 0 Å². The van der Waals surface area contributed by atoms with Crippen LogP contribution in [0.15, 0.2) is 24.3 Å². The highest BCUT2D eigenvalue weighted by molar-refractivity contribution is 7.98. The van der Waals surface area contributed by atoms with E-state index in [0.717, 1.165) is 0 Å². The van der Waals surface area contributed by atoms with E-state index in [9.17, 15) is 29.4 Å². The number of aliphatic carboxylic acids is 1. The van der Waals surface area contributed by atoms with E-state index in [2.05, 4.69) is 10.6 Å². The fraction of sp³-hybridized carbons (Fsp3) is 0.600. The molecule has 1 aliphatic rings. The standard InChI is InChI=1S/C25H39N5O6S/c1-37-14-11-18(27)22(32)29-20(15-16-7-9-17(31)10-8-16)24(34)30-13-4-6-21(30)23(33)28-19(25(35)36)5-2-3-12-26/h7-10,18-21,31H,2-6,11-15,26-27H2,1H3,(H,28,33)(H,29,32)(H,35,36). The number of thioether (sulfide) groups is 1. The lowest BCUT2D eigenvalue weighted by atomic mass is 10.0. The largest absolute Gasteiger partial charge is 0.508 e. The molecule has 1 saturated heterocycles. The first-order valence-corrected chi connectivity index (χ1v) is 13.9. The van der Waals surface area contributed by atoms with Crippen molar-refractivity contribution in [2.45, 2.75) is 69.1 Å². The Labute approximate surface area is 221 Å². The first-order valence-electron chi connectivity index (χ1n) is 12.5. The monoisotopic (exact) mass is 537 g/mol. The van der Waals surface area contributed by atoms with Gasteiger partial charge in [-0.25, -0.2) is 4.79 Å². The van der Waals surface area contributed by atoms with Crippen LogP contribution in [-0.2, 0) is 25.6 Å². The number of likely N-dealkylation sites (tertiary alicyclic amines) is 1. The molecule has 1 aliphatic heterocycles. The highest BCUT2D eigenvalue weighted by Crippen LogP contribution is 2.21. The molecule has 1 heterocycles. The minimum absolute atomic E-state index is 0.0745. The summed E-state index contributed by atoms with van der Waals surface area (Å²) < 4.78 is 0. The lowest BCUT2D eigenvalue weighted by Gasteiger charge is -2.30. The Bertz CT molecular complexity index is 915. The van der Waals surface area contributed by atoms with Crippen molar-refractivity contribution in [3.8, 4) is 5.75 Å². The fourth-order valence-corrected chi connectivity index (χ4v) is 4.73. The van der Waals surface area contributed by atoms with Crippen molar-refractivity contribution in [3.05, 3.63) is 29.8 Å². The van der Waals surface area contributed by atoms with Crippen molar-refractivity contribution >= 4 is 35.5 Å². The molecule has 12 heteroatoms. The summed E-state index contributed by atoms with van der Waals surface area (Å²) in [4.78, 5) is 52.5. The van der Waals surface area contributed by atoms with E-state index in [4.69, 9.17) is 11.5 Å². The number of carbonyl (C=O) groups excluding carboxylic acids is 3. The van der Waals surface area contributed by atoms with Crippen LogP contribution in [0.1, 0.15) is 44.1 Å². The summed E-state index contributed by atoms with van der Waals surface area (Å²) in [6.07, 6.45) is 4.90. The normalized spacial score (nSPS) is 17.6. The molecule has 0 aromatic heterocycles. The zero-order valence-electron chi connectivity index (χ0n) is 21.2. The summed E-state index contributed by atoms with van der Waals surface area (Å²) in [6.45, 7) is 0.739. The molecule has 8 N–H and O–H groups in total. The molecule has 3 amide bonds. The maximum atomic E-state index is 13.6. The molecule has 1 aromatic rings. The molecular weight excluding hydrogens is 498 g/mol. The van der Waals surface area contributed by atoms with E-state index in [0.29, 0.717) is 56.5 Å². The number of nitrogens with zero attached hydrogens (tertiary/aromatic N) is 1. The second-order valence-corrected chi connectivity index (χ2v) is 10.2. The highest BCUT2D eigenvalue weighted by Gasteiger charge is 2.39. The predicted octanol–water partition coefficient (Wildman–Crippen LogP) is 0.189. The smallest absolute Gasteiger partial charge is 0.326 e. The second-order valence-electron chi connectivity index (χ2n) is 9.19. The third kappa shape index (κ3) is 9.52. The third-order valence-electron chi connectivity index (χ3n) is 6.36. The molecule has 37 heavy (non-hydrogen) atoms. The number of benzene rings is 1. The minimum Gasteiger partial charge on any atom is -0.508 e. The van der Waals surface area contributed by atoms with Gasteiger partial charge in [-0.15, -0.1) is 0 Å². The number of rotatable bonds is 15. The van der Waals surface area contributed by atoms with Crippen LogP contribution in [0.2, 0.25) is 0 Å². The van der Waals surface area contributed by atoms with E-state index in [-0.39, 0.29) is 18.6 Å². The molecule has 206 valence electrons. The van der Waals surface area contributed by atoms with Crippen molar-refractivity contribution in [1.29, 1.82) is 0 Å². The number of nitrogens with one attached hydrogen (secondary N) is 2. The van der Waals surface area contributed by atoms with Crippen LogP contribution in [0, 0.1) is 0 Å². The van der Waals surface area contributed by atoms with E-state index < -0.39 is 47.9 Å². The Morgan fingerprint density at radius 1 is 1.11 bits per heavy atom. The number of nitrogens with two attached hydrogens (primary N) is 2. The Kier molecular flexibility index (Phi) is 12.7. The van der Waals surface area contributed by atoms with Gasteiger partial charge in [-0.05, 0) is 74.8 Å². The van der Waals surface area contributed by atoms with Gasteiger partial charge < -0.3 is 37.2 Å². The molecule has 0 spiro atoms. The van der Waals surface area contributed by atoms with E-state index in [1.807, 2.05) is 6.26 Å². The van der Waals surface area contributed by atoms with Gasteiger partial charge >= 0.3 is 5.97 Å². The van der Waals surface area contributed by atoms with Crippen LogP contribution >= 0.6 is 11.8 Å². The van der Waals surface area contributed by atoms with Gasteiger partial charge in [0.05, 0.1) is 6.04 Å². The molecule has 4 atom stereocenters. The number of amides is 3. The van der Waals surface area contributed by atoms with Crippen LogP contribution in [0.25, 0.3) is 0 Å². The first kappa shape index (κ1) is 30.4. The number of carboxylic acids is 1. The number of carbonyl (C=O) groups is 4. The number of hydrogen-bond acceptors (Lipinski definition) is 8. The molecule has 0 bridgehead atoms. The van der Waals surface area contributed by atoms with Gasteiger partial charge in [0.2, 0.25) is 17.7 Å². The molecule has 4 unspecified atom stereocenters. The molecule has 11 nitrogen and oxygen atoms in total. The molecule has 1 fully saturated rings. The zero-order valence-corrected chi connectivity index (χ0v) is 22.0. The first-order chi connectivity index (χ1) is 17.7. The maximum absolute atomic E-state index is 13.6. The van der Waals surface area contributed by atoms with Crippen molar-refractivity contribution in [1.82, 2.24) is 15.5 Å². The third-order valence-corrected chi connectivity index (χ3v) is 7.00. The lowest BCUT2D eigenvalue weighted by Crippen LogP contribution is -2.57. The van der Waals surface area contributed by atoms with Crippen LogP contribution in [0.5, 0.6) is 5.75 Å². The summed E-state index contributed by atoms with van der Waals surface area (Å²) in [5, 5.41) is 24.4. The summed E-state index contributed by atoms with van der Waals surface area (Å²) in [5.74, 6) is -1.81. The number of hydrogen-bond donors (Lipinski definition) is 6. The summed E-state index contributed by atoms with van der Waals surface area (Å²) in [6, 6.07) is 2.62. The van der Waals surface area contributed by atoms with E-state index >= 15 is 0 Å². The van der Waals surface area contributed by atoms with Crippen LogP contribution in [0.3, 0.4) is 0 Å². The number of unbranched alkanes of at least 4 members (excludes halogenated alkanes) is 1. The Hall–Kier alpha value is -2.83. The zero-order chi connectivity index (χ0) is 27.4. The number of phenols is 1. The van der Waals surface area contributed by atoms with E-state index in [1.54, 1.807) is 23.9 Å². The van der Waals surface area contributed by atoms with Gasteiger partial charge in [-0.2, -0.15) is 11.8 Å². The maximum Gasteiger partial charge on any atom is 0.326 e. The van der Waals surface area contributed by atoms with Crippen molar-refractivity contribution in [2.75, 3.05) is 25.1 Å².